The number of hydrogen-bond acceptors (Lipinski definition) is 4. The van der Waals surface area contributed by atoms with Gasteiger partial charge in [-0.1, -0.05) is 72.8 Å². The molecule has 0 saturated heterocycles. The highest BCUT2D eigenvalue weighted by Crippen LogP contribution is 2.57. The molecule has 1 aliphatic rings. The quantitative estimate of drug-likeness (QED) is 0.235. The molecule has 5 rings (SSSR count). The summed E-state index contributed by atoms with van der Waals surface area (Å²) >= 11 is 0. The zero-order chi connectivity index (χ0) is 29.4. The molecule has 1 aliphatic carbocycles. The van der Waals surface area contributed by atoms with E-state index in [9.17, 15) is 9.59 Å². The van der Waals surface area contributed by atoms with E-state index in [0.717, 1.165) is 33.4 Å². The molecule has 41 heavy (non-hydrogen) atoms. The second-order valence-electron chi connectivity index (χ2n) is 12.3. The number of anilines is 2. The highest BCUT2D eigenvalue weighted by atomic mass is 16.6. The molecule has 0 saturated carbocycles. The van der Waals surface area contributed by atoms with E-state index < -0.39 is 28.8 Å². The van der Waals surface area contributed by atoms with E-state index in [0.29, 0.717) is 11.4 Å². The first-order valence-electron chi connectivity index (χ1n) is 13.8. The van der Waals surface area contributed by atoms with E-state index in [1.54, 1.807) is 0 Å². The van der Waals surface area contributed by atoms with Gasteiger partial charge in [0, 0.05) is 11.4 Å². The number of amides is 2. The van der Waals surface area contributed by atoms with E-state index in [1.807, 2.05) is 114 Å². The number of nitrogens with one attached hydrogen (secondary N) is 2. The predicted molar refractivity (Wildman–Crippen MR) is 163 cm³/mol. The molecule has 2 amide bonds. The molecule has 0 bridgehead atoms. The van der Waals surface area contributed by atoms with Crippen LogP contribution in [0.3, 0.4) is 0 Å². The number of rotatable bonds is 4. The highest BCUT2D eigenvalue weighted by Gasteiger charge is 2.46. The maximum absolute atomic E-state index is 12.7. The van der Waals surface area contributed by atoms with Crippen LogP contribution in [0, 0.1) is 0 Å². The minimum Gasteiger partial charge on any atom is -0.444 e. The average Bonchev–Trinajstić information content (AvgIpc) is 3.17. The Labute approximate surface area is 241 Å². The molecular weight excluding hydrogens is 512 g/mol. The molecule has 4 aromatic carbocycles. The van der Waals surface area contributed by atoms with Crippen molar-refractivity contribution in [2.75, 3.05) is 10.6 Å². The minimum atomic E-state index is -0.718. The first-order chi connectivity index (χ1) is 19.4. The van der Waals surface area contributed by atoms with Crippen molar-refractivity contribution in [3.63, 3.8) is 0 Å². The van der Waals surface area contributed by atoms with Crippen molar-refractivity contribution in [2.45, 2.75) is 58.2 Å². The molecule has 4 aromatic rings. The van der Waals surface area contributed by atoms with Crippen molar-refractivity contribution in [1.29, 1.82) is 0 Å². The van der Waals surface area contributed by atoms with Crippen molar-refractivity contribution in [2.24, 2.45) is 0 Å². The fourth-order valence-corrected chi connectivity index (χ4v) is 5.49. The lowest BCUT2D eigenvalue weighted by Gasteiger charge is -2.34. The first kappa shape index (κ1) is 28.0. The van der Waals surface area contributed by atoms with Crippen LogP contribution in [0.4, 0.5) is 21.0 Å². The molecule has 6 heteroatoms. The van der Waals surface area contributed by atoms with Gasteiger partial charge in [-0.15, -0.1) is 0 Å². The van der Waals surface area contributed by atoms with Gasteiger partial charge in [-0.05, 0) is 99.2 Å². The zero-order valence-corrected chi connectivity index (χ0v) is 24.4. The Hall–Kier alpha value is -4.58. The van der Waals surface area contributed by atoms with Crippen LogP contribution in [0.25, 0.3) is 11.1 Å². The van der Waals surface area contributed by atoms with Crippen molar-refractivity contribution in [3.8, 4) is 11.1 Å². The van der Waals surface area contributed by atoms with Gasteiger partial charge < -0.3 is 9.47 Å². The molecule has 0 aliphatic heterocycles. The van der Waals surface area contributed by atoms with Crippen LogP contribution in [0.15, 0.2) is 97.1 Å². The van der Waals surface area contributed by atoms with Crippen LogP contribution < -0.4 is 10.6 Å². The van der Waals surface area contributed by atoms with Crippen LogP contribution >= 0.6 is 0 Å². The summed E-state index contributed by atoms with van der Waals surface area (Å²) in [6.07, 6.45) is -1.02. The SMILES string of the molecule is CC(C)(C)OC(=O)Nc1ccc2c(c1)C(c1ccccc1)(c1ccccc1)c1cc(NC(=O)OC(C)(C)C)ccc1-2. The molecule has 0 unspecified atom stereocenters. The Balaban J connectivity index is 1.71. The summed E-state index contributed by atoms with van der Waals surface area (Å²) in [6.45, 7) is 11.0. The molecule has 2 N–H and O–H groups in total. The lowest BCUT2D eigenvalue weighted by Crippen LogP contribution is -2.30. The smallest absolute Gasteiger partial charge is 0.412 e. The Morgan fingerprint density at radius 1 is 0.561 bits per heavy atom. The molecule has 0 aromatic heterocycles. The number of carbonyl (C=O) groups excluding carboxylic acids is 2. The van der Waals surface area contributed by atoms with Crippen LogP contribution in [0.2, 0.25) is 0 Å². The normalized spacial score (nSPS) is 13.5. The first-order valence-corrected chi connectivity index (χ1v) is 13.8. The predicted octanol–water partition coefficient (Wildman–Crippen LogP) is 8.74. The largest absolute Gasteiger partial charge is 0.444 e. The van der Waals surface area contributed by atoms with Crippen molar-refractivity contribution in [1.82, 2.24) is 0 Å². The van der Waals surface area contributed by atoms with Gasteiger partial charge in [0.05, 0.1) is 5.41 Å². The minimum absolute atomic E-state index is 0.512. The molecule has 6 nitrogen and oxygen atoms in total. The monoisotopic (exact) mass is 548 g/mol. The van der Waals surface area contributed by atoms with Crippen LogP contribution in [-0.4, -0.2) is 23.4 Å². The number of hydrogen-bond donors (Lipinski definition) is 2. The van der Waals surface area contributed by atoms with E-state index in [2.05, 4.69) is 34.9 Å². The highest BCUT2D eigenvalue weighted by molar-refractivity contribution is 5.93. The number of ether oxygens (including phenoxy) is 2. The van der Waals surface area contributed by atoms with Crippen LogP contribution in [-0.2, 0) is 14.9 Å². The van der Waals surface area contributed by atoms with Gasteiger partial charge in [0.15, 0.2) is 0 Å². The van der Waals surface area contributed by atoms with Gasteiger partial charge >= 0.3 is 12.2 Å². The van der Waals surface area contributed by atoms with E-state index in [-0.39, 0.29) is 0 Å². The van der Waals surface area contributed by atoms with E-state index in [1.165, 1.54) is 0 Å². The van der Waals surface area contributed by atoms with Gasteiger partial charge in [-0.25, -0.2) is 9.59 Å². The molecule has 0 radical (unpaired) electrons. The summed E-state index contributed by atoms with van der Waals surface area (Å²) in [5.74, 6) is 0. The second kappa shape index (κ2) is 10.4. The van der Waals surface area contributed by atoms with Gasteiger partial charge in [0.1, 0.15) is 11.2 Å². The summed E-state index contributed by atoms with van der Waals surface area (Å²) < 4.78 is 11.1. The van der Waals surface area contributed by atoms with Crippen LogP contribution in [0.1, 0.15) is 63.8 Å². The zero-order valence-electron chi connectivity index (χ0n) is 24.4. The van der Waals surface area contributed by atoms with Gasteiger partial charge in [-0.2, -0.15) is 0 Å². The van der Waals surface area contributed by atoms with Crippen molar-refractivity contribution in [3.05, 3.63) is 119 Å². The standard InChI is InChI=1S/C35H36N2O4/c1-33(2,3)40-31(38)36-25-17-19-27-28-20-18-26(37-32(39)41-34(4,5)6)22-30(28)35(29(27)21-25,23-13-9-7-10-14-23)24-15-11-8-12-16-24/h7-22H,1-6H3,(H,36,38)(H,37,39). The van der Waals surface area contributed by atoms with Gasteiger partial charge in [0.2, 0.25) is 0 Å². The van der Waals surface area contributed by atoms with Crippen molar-refractivity contribution < 1.29 is 19.1 Å². The van der Waals surface area contributed by atoms with Gasteiger partial charge in [0.25, 0.3) is 0 Å². The van der Waals surface area contributed by atoms with E-state index in [4.69, 9.17) is 9.47 Å². The fourth-order valence-electron chi connectivity index (χ4n) is 5.49. The molecule has 0 spiro atoms. The summed E-state index contributed by atoms with van der Waals surface area (Å²) in [5.41, 5.74) is 5.58. The number of fused-ring (bicyclic) bond motifs is 3. The van der Waals surface area contributed by atoms with E-state index >= 15 is 0 Å². The summed E-state index contributed by atoms with van der Waals surface area (Å²) in [5, 5.41) is 5.84. The second-order valence-corrected chi connectivity index (χ2v) is 12.3. The average molecular weight is 549 g/mol. The summed E-state index contributed by atoms with van der Waals surface area (Å²) in [4.78, 5) is 25.4. The third-order valence-corrected chi connectivity index (χ3v) is 6.84. The number of carbonyl (C=O) groups is 2. The maximum Gasteiger partial charge on any atom is 0.412 e. The third kappa shape index (κ3) is 5.68. The lowest BCUT2D eigenvalue weighted by atomic mass is 9.67. The Morgan fingerprint density at radius 3 is 1.27 bits per heavy atom. The van der Waals surface area contributed by atoms with Gasteiger partial charge in [-0.3, -0.25) is 10.6 Å². The molecular formula is C35H36N2O4. The lowest BCUT2D eigenvalue weighted by molar-refractivity contribution is 0.0624. The Morgan fingerprint density at radius 2 is 0.927 bits per heavy atom. The Bertz CT molecular complexity index is 1460. The molecule has 210 valence electrons. The molecule has 0 atom stereocenters. The summed E-state index contributed by atoms with van der Waals surface area (Å²) in [7, 11) is 0. The molecule has 0 heterocycles. The maximum atomic E-state index is 12.7. The third-order valence-electron chi connectivity index (χ3n) is 6.84. The van der Waals surface area contributed by atoms with Crippen LogP contribution in [0.5, 0.6) is 0 Å². The molecule has 0 fully saturated rings. The number of benzene rings is 4. The van der Waals surface area contributed by atoms with Crippen molar-refractivity contribution >= 4 is 23.6 Å². The fraction of sp³-hybridized carbons (Fsp3) is 0.257. The Kier molecular flexibility index (Phi) is 7.12. The summed E-state index contributed by atoms with van der Waals surface area (Å²) in [6, 6.07) is 32.5. The topological polar surface area (TPSA) is 76.7 Å².